The molecule has 0 spiro atoms. The molecule has 4 heteroatoms. The van der Waals surface area contributed by atoms with E-state index < -0.39 is 0 Å². The SMILES string of the molecule is CCCCN(C)c1ccc(NC(=O)Cc2ccc(Br)cc2)cc1. The lowest BCUT2D eigenvalue weighted by Crippen LogP contribution is -2.18. The molecule has 122 valence electrons. The van der Waals surface area contributed by atoms with Gasteiger partial charge in [-0.2, -0.15) is 0 Å². The second-order valence-electron chi connectivity index (χ2n) is 5.67. The van der Waals surface area contributed by atoms with Crippen LogP contribution in [0.25, 0.3) is 0 Å². The van der Waals surface area contributed by atoms with Crippen molar-refractivity contribution in [3.8, 4) is 0 Å². The molecule has 2 aromatic rings. The summed E-state index contributed by atoms with van der Waals surface area (Å²) in [4.78, 5) is 14.3. The van der Waals surface area contributed by atoms with E-state index in [0.29, 0.717) is 6.42 Å². The van der Waals surface area contributed by atoms with Crippen molar-refractivity contribution in [3.63, 3.8) is 0 Å². The Bertz CT molecular complexity index is 623. The Morgan fingerprint density at radius 2 is 1.74 bits per heavy atom. The topological polar surface area (TPSA) is 32.3 Å². The molecule has 0 aliphatic rings. The number of carbonyl (C=O) groups excluding carboxylic acids is 1. The van der Waals surface area contributed by atoms with Gasteiger partial charge in [0.2, 0.25) is 5.91 Å². The maximum absolute atomic E-state index is 12.1. The highest BCUT2D eigenvalue weighted by atomic mass is 79.9. The molecule has 0 aliphatic heterocycles. The van der Waals surface area contributed by atoms with Crippen LogP contribution in [0.15, 0.2) is 53.0 Å². The number of nitrogens with zero attached hydrogens (tertiary/aromatic N) is 1. The summed E-state index contributed by atoms with van der Waals surface area (Å²) in [5.41, 5.74) is 3.01. The van der Waals surface area contributed by atoms with E-state index in [9.17, 15) is 4.79 Å². The molecule has 0 radical (unpaired) electrons. The Hall–Kier alpha value is -1.81. The molecule has 0 heterocycles. The number of nitrogens with one attached hydrogen (secondary N) is 1. The van der Waals surface area contributed by atoms with Crippen molar-refractivity contribution in [2.45, 2.75) is 26.2 Å². The maximum Gasteiger partial charge on any atom is 0.228 e. The summed E-state index contributed by atoms with van der Waals surface area (Å²) in [6, 6.07) is 15.8. The standard InChI is InChI=1S/C19H23BrN2O/c1-3-4-13-22(2)18-11-9-17(10-12-18)21-19(23)14-15-5-7-16(20)8-6-15/h5-12H,3-4,13-14H2,1-2H3,(H,21,23). The van der Waals surface area contributed by atoms with E-state index >= 15 is 0 Å². The van der Waals surface area contributed by atoms with Gasteiger partial charge in [0.05, 0.1) is 6.42 Å². The third-order valence-corrected chi connectivity index (χ3v) is 4.25. The molecule has 0 aliphatic carbocycles. The van der Waals surface area contributed by atoms with Crippen molar-refractivity contribution in [1.29, 1.82) is 0 Å². The molecule has 0 fully saturated rings. The minimum Gasteiger partial charge on any atom is -0.375 e. The normalized spacial score (nSPS) is 10.4. The average molecular weight is 375 g/mol. The minimum absolute atomic E-state index is 0.000546. The van der Waals surface area contributed by atoms with Gasteiger partial charge in [-0.05, 0) is 48.4 Å². The number of halogens is 1. The van der Waals surface area contributed by atoms with Crippen molar-refractivity contribution in [3.05, 3.63) is 58.6 Å². The molecule has 0 atom stereocenters. The van der Waals surface area contributed by atoms with Crippen molar-refractivity contribution >= 4 is 33.2 Å². The van der Waals surface area contributed by atoms with Crippen LogP contribution in [-0.4, -0.2) is 19.5 Å². The summed E-state index contributed by atoms with van der Waals surface area (Å²) >= 11 is 3.39. The number of amides is 1. The first kappa shape index (κ1) is 17.5. The zero-order valence-electron chi connectivity index (χ0n) is 13.7. The Kier molecular flexibility index (Phi) is 6.66. The largest absolute Gasteiger partial charge is 0.375 e. The van der Waals surface area contributed by atoms with Gasteiger partial charge in [0.25, 0.3) is 0 Å². The Morgan fingerprint density at radius 3 is 2.35 bits per heavy atom. The summed E-state index contributed by atoms with van der Waals surface area (Å²) in [5, 5.41) is 2.95. The van der Waals surface area contributed by atoms with Crippen LogP contribution < -0.4 is 10.2 Å². The Balaban J connectivity index is 1.89. The van der Waals surface area contributed by atoms with Crippen LogP contribution in [0.5, 0.6) is 0 Å². The number of rotatable bonds is 7. The summed E-state index contributed by atoms with van der Waals surface area (Å²) in [6.07, 6.45) is 2.75. The molecular weight excluding hydrogens is 352 g/mol. The highest BCUT2D eigenvalue weighted by molar-refractivity contribution is 9.10. The predicted octanol–water partition coefficient (Wildman–Crippen LogP) is 4.87. The van der Waals surface area contributed by atoms with Crippen molar-refractivity contribution in [2.75, 3.05) is 23.8 Å². The fourth-order valence-corrected chi connectivity index (χ4v) is 2.58. The van der Waals surface area contributed by atoms with E-state index in [1.165, 1.54) is 18.5 Å². The van der Waals surface area contributed by atoms with Crippen LogP contribution in [0.4, 0.5) is 11.4 Å². The quantitative estimate of drug-likeness (QED) is 0.749. The zero-order valence-corrected chi connectivity index (χ0v) is 15.3. The number of benzene rings is 2. The fourth-order valence-electron chi connectivity index (χ4n) is 2.32. The van der Waals surface area contributed by atoms with Crippen molar-refractivity contribution < 1.29 is 4.79 Å². The Labute approximate surface area is 146 Å². The molecule has 1 N–H and O–H groups in total. The highest BCUT2D eigenvalue weighted by Crippen LogP contribution is 2.18. The van der Waals surface area contributed by atoms with E-state index in [-0.39, 0.29) is 5.91 Å². The molecule has 2 rings (SSSR count). The number of anilines is 2. The monoisotopic (exact) mass is 374 g/mol. The minimum atomic E-state index is -0.000546. The molecule has 2 aromatic carbocycles. The lowest BCUT2D eigenvalue weighted by atomic mass is 10.1. The smallest absolute Gasteiger partial charge is 0.228 e. The van der Waals surface area contributed by atoms with Gasteiger partial charge in [0, 0.05) is 29.4 Å². The number of hydrogen-bond acceptors (Lipinski definition) is 2. The van der Waals surface area contributed by atoms with Crippen LogP contribution in [-0.2, 0) is 11.2 Å². The molecule has 0 bridgehead atoms. The van der Waals surface area contributed by atoms with Gasteiger partial charge in [-0.25, -0.2) is 0 Å². The van der Waals surface area contributed by atoms with E-state index in [1.54, 1.807) is 0 Å². The van der Waals surface area contributed by atoms with E-state index in [1.807, 2.05) is 48.5 Å². The molecule has 23 heavy (non-hydrogen) atoms. The van der Waals surface area contributed by atoms with Crippen molar-refractivity contribution in [2.24, 2.45) is 0 Å². The van der Waals surface area contributed by atoms with Crippen molar-refractivity contribution in [1.82, 2.24) is 0 Å². The number of carbonyl (C=O) groups is 1. The van der Waals surface area contributed by atoms with Gasteiger partial charge in [-0.3, -0.25) is 4.79 Å². The molecule has 0 aromatic heterocycles. The van der Waals surface area contributed by atoms with Gasteiger partial charge < -0.3 is 10.2 Å². The third-order valence-electron chi connectivity index (χ3n) is 3.72. The van der Waals surface area contributed by atoms with Gasteiger partial charge >= 0.3 is 0 Å². The van der Waals surface area contributed by atoms with Crippen LogP contribution in [0.2, 0.25) is 0 Å². The molecule has 0 unspecified atom stereocenters. The molecule has 0 saturated heterocycles. The van der Waals surface area contributed by atoms with Crippen LogP contribution in [0.3, 0.4) is 0 Å². The summed E-state index contributed by atoms with van der Waals surface area (Å²) in [6.45, 7) is 3.24. The van der Waals surface area contributed by atoms with Gasteiger partial charge in [-0.1, -0.05) is 41.4 Å². The second kappa shape index (κ2) is 8.73. The first-order valence-corrected chi connectivity index (χ1v) is 8.73. The maximum atomic E-state index is 12.1. The van der Waals surface area contributed by atoms with E-state index in [4.69, 9.17) is 0 Å². The third kappa shape index (κ3) is 5.71. The lowest BCUT2D eigenvalue weighted by Gasteiger charge is -2.19. The second-order valence-corrected chi connectivity index (χ2v) is 6.59. The number of unbranched alkanes of at least 4 members (excludes halogenated alkanes) is 1. The number of hydrogen-bond donors (Lipinski definition) is 1. The molecule has 1 amide bonds. The van der Waals surface area contributed by atoms with E-state index in [0.717, 1.165) is 22.3 Å². The zero-order chi connectivity index (χ0) is 16.7. The highest BCUT2D eigenvalue weighted by Gasteiger charge is 2.05. The van der Waals surface area contributed by atoms with Crippen LogP contribution in [0, 0.1) is 0 Å². The summed E-state index contributed by atoms with van der Waals surface area (Å²) in [7, 11) is 2.09. The van der Waals surface area contributed by atoms with Crippen LogP contribution in [0.1, 0.15) is 25.3 Å². The summed E-state index contributed by atoms with van der Waals surface area (Å²) < 4.78 is 1.02. The Morgan fingerprint density at radius 1 is 1.09 bits per heavy atom. The van der Waals surface area contributed by atoms with Crippen LogP contribution >= 0.6 is 15.9 Å². The molecular formula is C19H23BrN2O. The first-order chi connectivity index (χ1) is 11.1. The first-order valence-electron chi connectivity index (χ1n) is 7.94. The van der Waals surface area contributed by atoms with Gasteiger partial charge in [0.15, 0.2) is 0 Å². The molecule has 0 saturated carbocycles. The fraction of sp³-hybridized carbons (Fsp3) is 0.316. The average Bonchev–Trinajstić information content (AvgIpc) is 2.55. The summed E-state index contributed by atoms with van der Waals surface area (Å²) in [5.74, 6) is -0.000546. The molecule has 3 nitrogen and oxygen atoms in total. The van der Waals surface area contributed by atoms with E-state index in [2.05, 4.69) is 40.1 Å². The van der Waals surface area contributed by atoms with Gasteiger partial charge in [-0.15, -0.1) is 0 Å². The predicted molar refractivity (Wildman–Crippen MR) is 101 cm³/mol. The van der Waals surface area contributed by atoms with Gasteiger partial charge in [0.1, 0.15) is 0 Å². The lowest BCUT2D eigenvalue weighted by molar-refractivity contribution is -0.115.